The largest absolute Gasteiger partial charge is 0.326 e. The summed E-state index contributed by atoms with van der Waals surface area (Å²) in [6.07, 6.45) is 7.47. The fourth-order valence-corrected chi connectivity index (χ4v) is 2.59. The highest BCUT2D eigenvalue weighted by Crippen LogP contribution is 2.21. The van der Waals surface area contributed by atoms with Crippen molar-refractivity contribution < 1.29 is 4.79 Å². The van der Waals surface area contributed by atoms with Gasteiger partial charge in [-0.3, -0.25) is 4.79 Å². The van der Waals surface area contributed by atoms with E-state index in [1.807, 2.05) is 24.3 Å². The van der Waals surface area contributed by atoms with E-state index in [0.717, 1.165) is 22.1 Å². The van der Waals surface area contributed by atoms with Crippen LogP contribution in [-0.2, 0) is 4.79 Å². The molecule has 0 radical (unpaired) electrons. The fourth-order valence-electron chi connectivity index (χ4n) is 2.04. The molecule has 0 heterocycles. The van der Waals surface area contributed by atoms with Crippen molar-refractivity contribution in [2.75, 3.05) is 5.32 Å². The molecule has 1 amide bonds. The van der Waals surface area contributed by atoms with Crippen LogP contribution in [0.3, 0.4) is 0 Å². The van der Waals surface area contributed by atoms with E-state index in [1.165, 1.54) is 18.4 Å². The van der Waals surface area contributed by atoms with Gasteiger partial charge in [0.25, 0.3) is 0 Å². The van der Waals surface area contributed by atoms with E-state index < -0.39 is 0 Å². The number of halogens is 1. The number of allylic oxidation sites excluding steroid dienone is 1. The second-order valence-electron chi connectivity index (χ2n) is 4.34. The van der Waals surface area contributed by atoms with Gasteiger partial charge in [-0.2, -0.15) is 0 Å². The predicted molar refractivity (Wildman–Crippen MR) is 79.0 cm³/mol. The minimum Gasteiger partial charge on any atom is -0.326 e. The van der Waals surface area contributed by atoms with Crippen LogP contribution < -0.4 is 5.32 Å². The Morgan fingerprint density at radius 2 is 2.24 bits per heavy atom. The molecule has 0 fully saturated rings. The van der Waals surface area contributed by atoms with E-state index in [2.05, 4.69) is 34.0 Å². The summed E-state index contributed by atoms with van der Waals surface area (Å²) in [4.78, 5) is 11.8. The molecule has 1 aromatic rings. The number of carbonyl (C=O) groups excluding carboxylic acids is 1. The topological polar surface area (TPSA) is 29.1 Å². The van der Waals surface area contributed by atoms with Gasteiger partial charge < -0.3 is 5.32 Å². The van der Waals surface area contributed by atoms with E-state index in [0.29, 0.717) is 6.42 Å². The van der Waals surface area contributed by atoms with Gasteiger partial charge in [-0.15, -0.1) is 0 Å². The standard InChI is InChI=1S/C14H16INO/c15-12-7-4-8-13(10-12)16-14(17)9-11-5-2-1-3-6-11/h4-5,7-8,10H,1-3,6,9H2,(H,16,17). The first-order valence-electron chi connectivity index (χ1n) is 5.97. The molecule has 3 heteroatoms. The Bertz CT molecular complexity index is 440. The normalized spacial score (nSPS) is 15.2. The number of amides is 1. The van der Waals surface area contributed by atoms with Crippen molar-refractivity contribution in [3.05, 3.63) is 39.5 Å². The van der Waals surface area contributed by atoms with Crippen LogP contribution in [0.1, 0.15) is 32.1 Å². The molecule has 0 spiro atoms. The molecule has 0 saturated heterocycles. The number of anilines is 1. The summed E-state index contributed by atoms with van der Waals surface area (Å²) in [5.74, 6) is 0.0974. The van der Waals surface area contributed by atoms with Gasteiger partial charge in [0.15, 0.2) is 0 Å². The van der Waals surface area contributed by atoms with Crippen molar-refractivity contribution in [1.82, 2.24) is 0 Å². The van der Waals surface area contributed by atoms with Gasteiger partial charge in [-0.25, -0.2) is 0 Å². The third-order valence-corrected chi connectivity index (χ3v) is 3.55. The average Bonchev–Trinajstić information content (AvgIpc) is 2.30. The smallest absolute Gasteiger partial charge is 0.228 e. The fraction of sp³-hybridized carbons (Fsp3) is 0.357. The van der Waals surface area contributed by atoms with Crippen LogP contribution in [0.4, 0.5) is 5.69 Å². The summed E-state index contributed by atoms with van der Waals surface area (Å²) in [6, 6.07) is 7.88. The zero-order chi connectivity index (χ0) is 12.1. The number of hydrogen-bond donors (Lipinski definition) is 1. The monoisotopic (exact) mass is 341 g/mol. The van der Waals surface area contributed by atoms with Crippen molar-refractivity contribution >= 4 is 34.2 Å². The number of nitrogens with one attached hydrogen (secondary N) is 1. The number of hydrogen-bond acceptors (Lipinski definition) is 1. The summed E-state index contributed by atoms with van der Waals surface area (Å²) in [6.45, 7) is 0. The SMILES string of the molecule is O=C(CC1=CCCCC1)Nc1cccc(I)c1. The van der Waals surface area contributed by atoms with Gasteiger partial charge >= 0.3 is 0 Å². The summed E-state index contributed by atoms with van der Waals surface area (Å²) in [5, 5.41) is 2.95. The molecule has 17 heavy (non-hydrogen) atoms. The first-order valence-corrected chi connectivity index (χ1v) is 7.05. The molecule has 0 aromatic heterocycles. The molecule has 1 N–H and O–H groups in total. The molecular formula is C14H16INO. The molecule has 1 aromatic carbocycles. The molecule has 2 nitrogen and oxygen atoms in total. The summed E-state index contributed by atoms with van der Waals surface area (Å²) in [7, 11) is 0. The first kappa shape index (κ1) is 12.6. The van der Waals surface area contributed by atoms with Gasteiger partial charge in [-0.1, -0.05) is 17.7 Å². The number of carbonyl (C=O) groups is 1. The third kappa shape index (κ3) is 4.15. The Labute approximate surface area is 116 Å². The Kier molecular flexibility index (Phi) is 4.59. The van der Waals surface area contributed by atoms with Crippen LogP contribution in [0, 0.1) is 3.57 Å². The molecule has 0 saturated carbocycles. The highest BCUT2D eigenvalue weighted by atomic mass is 127. The number of rotatable bonds is 3. The minimum absolute atomic E-state index is 0.0974. The van der Waals surface area contributed by atoms with Crippen LogP contribution >= 0.6 is 22.6 Å². The van der Waals surface area contributed by atoms with Gasteiger partial charge in [-0.05, 0) is 66.5 Å². The van der Waals surface area contributed by atoms with Crippen LogP contribution in [0.2, 0.25) is 0 Å². The molecular weight excluding hydrogens is 325 g/mol. The predicted octanol–water partition coefficient (Wildman–Crippen LogP) is 4.12. The molecule has 1 aliphatic carbocycles. The maximum Gasteiger partial charge on any atom is 0.228 e. The van der Waals surface area contributed by atoms with Crippen LogP contribution in [0.5, 0.6) is 0 Å². The third-order valence-electron chi connectivity index (χ3n) is 2.88. The summed E-state index contributed by atoms with van der Waals surface area (Å²) >= 11 is 2.24. The van der Waals surface area contributed by atoms with Gasteiger partial charge in [0, 0.05) is 15.7 Å². The molecule has 0 atom stereocenters. The number of benzene rings is 1. The lowest BCUT2D eigenvalue weighted by molar-refractivity contribution is -0.115. The van der Waals surface area contributed by atoms with Crippen LogP contribution in [-0.4, -0.2) is 5.91 Å². The summed E-state index contributed by atoms with van der Waals surface area (Å²) < 4.78 is 1.14. The summed E-state index contributed by atoms with van der Waals surface area (Å²) in [5.41, 5.74) is 2.18. The maximum absolute atomic E-state index is 11.8. The van der Waals surface area contributed by atoms with E-state index in [-0.39, 0.29) is 5.91 Å². The van der Waals surface area contributed by atoms with E-state index in [4.69, 9.17) is 0 Å². The highest BCUT2D eigenvalue weighted by Gasteiger charge is 2.09. The van der Waals surface area contributed by atoms with E-state index in [1.54, 1.807) is 0 Å². The molecule has 0 unspecified atom stereocenters. The lowest BCUT2D eigenvalue weighted by Crippen LogP contribution is -2.13. The van der Waals surface area contributed by atoms with Crippen molar-refractivity contribution in [3.8, 4) is 0 Å². The Morgan fingerprint density at radius 1 is 1.35 bits per heavy atom. The van der Waals surface area contributed by atoms with Gasteiger partial charge in [0.05, 0.1) is 0 Å². The van der Waals surface area contributed by atoms with Crippen molar-refractivity contribution in [2.45, 2.75) is 32.1 Å². The van der Waals surface area contributed by atoms with E-state index >= 15 is 0 Å². The van der Waals surface area contributed by atoms with E-state index in [9.17, 15) is 4.79 Å². The van der Waals surface area contributed by atoms with Crippen LogP contribution in [0.15, 0.2) is 35.9 Å². The van der Waals surface area contributed by atoms with Crippen molar-refractivity contribution in [1.29, 1.82) is 0 Å². The lowest BCUT2D eigenvalue weighted by Gasteiger charge is -2.12. The van der Waals surface area contributed by atoms with Crippen molar-refractivity contribution in [3.63, 3.8) is 0 Å². The molecule has 90 valence electrons. The first-order chi connectivity index (χ1) is 8.24. The molecule has 1 aliphatic rings. The lowest BCUT2D eigenvalue weighted by atomic mass is 9.97. The van der Waals surface area contributed by atoms with Gasteiger partial charge in [0.1, 0.15) is 0 Å². The zero-order valence-electron chi connectivity index (χ0n) is 9.71. The van der Waals surface area contributed by atoms with Gasteiger partial charge in [0.2, 0.25) is 5.91 Å². The second kappa shape index (κ2) is 6.19. The molecule has 0 aliphatic heterocycles. The Morgan fingerprint density at radius 3 is 2.94 bits per heavy atom. The second-order valence-corrected chi connectivity index (χ2v) is 5.59. The Balaban J connectivity index is 1.91. The molecule has 2 rings (SSSR count). The van der Waals surface area contributed by atoms with Crippen molar-refractivity contribution in [2.24, 2.45) is 0 Å². The Hall–Kier alpha value is -0.840. The van der Waals surface area contributed by atoms with Crippen LogP contribution in [0.25, 0.3) is 0 Å². The maximum atomic E-state index is 11.8. The average molecular weight is 341 g/mol. The quantitative estimate of drug-likeness (QED) is 0.650. The minimum atomic E-state index is 0.0974. The zero-order valence-corrected chi connectivity index (χ0v) is 11.9. The highest BCUT2D eigenvalue weighted by molar-refractivity contribution is 14.1. The molecule has 0 bridgehead atoms.